The molecule has 0 amide bonds. The summed E-state index contributed by atoms with van der Waals surface area (Å²) in [5.74, 6) is 0.384. The highest BCUT2D eigenvalue weighted by atomic mass is 16.6. The summed E-state index contributed by atoms with van der Waals surface area (Å²) in [4.78, 5) is 10.2. The second-order valence-electron chi connectivity index (χ2n) is 3.22. The van der Waals surface area contributed by atoms with Gasteiger partial charge in [0.2, 0.25) is 0 Å². The number of hydrogen-bond donors (Lipinski definition) is 0. The first-order chi connectivity index (χ1) is 8.63. The maximum atomic E-state index is 10.7. The molecular formula is C12H12N2O4. The first-order valence-corrected chi connectivity index (χ1v) is 5.23. The molecular weight excluding hydrogens is 236 g/mol. The molecule has 0 fully saturated rings. The molecule has 6 heteroatoms. The topological polar surface area (TPSA) is 85.4 Å². The number of nitriles is 1. The Morgan fingerprint density at radius 2 is 2.28 bits per heavy atom. The summed E-state index contributed by atoms with van der Waals surface area (Å²) in [6.07, 6.45) is 1.51. The Morgan fingerprint density at radius 3 is 2.78 bits per heavy atom. The molecule has 0 aromatic heterocycles. The van der Waals surface area contributed by atoms with Crippen molar-refractivity contribution in [2.45, 2.75) is 6.92 Å². The van der Waals surface area contributed by atoms with Crippen molar-refractivity contribution in [3.63, 3.8) is 0 Å². The largest absolute Gasteiger partial charge is 0.490 e. The summed E-state index contributed by atoms with van der Waals surface area (Å²) in [5, 5.41) is 19.7. The standard InChI is InChI=1S/C12H12N2O4/c1-3-5-18-12-9(8-13)6-10(14(15)16)7-11(12)17-4-2/h3,6-7H,1,4-5H2,2H3. The molecule has 0 aliphatic rings. The molecule has 0 aliphatic heterocycles. The van der Waals surface area contributed by atoms with Crippen molar-refractivity contribution in [2.24, 2.45) is 0 Å². The molecule has 0 unspecified atom stereocenters. The lowest BCUT2D eigenvalue weighted by Crippen LogP contribution is -2.02. The van der Waals surface area contributed by atoms with Crippen molar-refractivity contribution in [1.82, 2.24) is 0 Å². The number of rotatable bonds is 6. The molecule has 94 valence electrons. The maximum Gasteiger partial charge on any atom is 0.274 e. The highest BCUT2D eigenvalue weighted by Gasteiger charge is 2.18. The van der Waals surface area contributed by atoms with Crippen molar-refractivity contribution in [3.8, 4) is 17.6 Å². The number of ether oxygens (including phenoxy) is 2. The second kappa shape index (κ2) is 6.25. The number of hydrogen-bond acceptors (Lipinski definition) is 5. The molecule has 0 saturated carbocycles. The fourth-order valence-corrected chi connectivity index (χ4v) is 1.33. The van der Waals surface area contributed by atoms with Gasteiger partial charge in [-0.1, -0.05) is 12.7 Å². The Bertz CT molecular complexity index is 506. The van der Waals surface area contributed by atoms with E-state index in [1.807, 2.05) is 6.07 Å². The number of nitro benzene ring substituents is 1. The maximum absolute atomic E-state index is 10.7. The van der Waals surface area contributed by atoms with Gasteiger partial charge in [0.25, 0.3) is 5.69 Å². The predicted molar refractivity (Wildman–Crippen MR) is 64.7 cm³/mol. The molecule has 1 aromatic rings. The number of non-ortho nitro benzene ring substituents is 1. The van der Waals surface area contributed by atoms with Crippen LogP contribution < -0.4 is 9.47 Å². The first-order valence-electron chi connectivity index (χ1n) is 5.23. The molecule has 0 spiro atoms. The van der Waals surface area contributed by atoms with Gasteiger partial charge in [0.1, 0.15) is 18.2 Å². The quantitative estimate of drug-likeness (QED) is 0.438. The normalized spacial score (nSPS) is 9.33. The summed E-state index contributed by atoms with van der Waals surface area (Å²) in [6, 6.07) is 4.25. The molecule has 18 heavy (non-hydrogen) atoms. The average molecular weight is 248 g/mol. The van der Waals surface area contributed by atoms with Crippen molar-refractivity contribution in [1.29, 1.82) is 5.26 Å². The second-order valence-corrected chi connectivity index (χ2v) is 3.22. The van der Waals surface area contributed by atoms with E-state index in [2.05, 4.69) is 6.58 Å². The summed E-state index contributed by atoms with van der Waals surface area (Å²) < 4.78 is 10.6. The van der Waals surface area contributed by atoms with Crippen LogP contribution in [0.5, 0.6) is 11.5 Å². The lowest BCUT2D eigenvalue weighted by atomic mass is 10.1. The van der Waals surface area contributed by atoms with Gasteiger partial charge in [0.05, 0.1) is 17.6 Å². The predicted octanol–water partition coefficient (Wildman–Crippen LogP) is 2.43. The van der Waals surface area contributed by atoms with Gasteiger partial charge < -0.3 is 9.47 Å². The van der Waals surface area contributed by atoms with E-state index in [0.717, 1.165) is 6.07 Å². The summed E-state index contributed by atoms with van der Waals surface area (Å²) in [6.45, 7) is 5.74. The molecule has 1 rings (SSSR count). The van der Waals surface area contributed by atoms with Crippen LogP contribution >= 0.6 is 0 Å². The number of nitro groups is 1. The van der Waals surface area contributed by atoms with Gasteiger partial charge >= 0.3 is 0 Å². The van der Waals surface area contributed by atoms with Crippen LogP contribution in [0.15, 0.2) is 24.8 Å². The van der Waals surface area contributed by atoms with Gasteiger partial charge in [0, 0.05) is 6.07 Å². The van der Waals surface area contributed by atoms with Gasteiger partial charge in [-0.3, -0.25) is 10.1 Å². The number of benzene rings is 1. The Morgan fingerprint density at radius 1 is 1.56 bits per heavy atom. The smallest absolute Gasteiger partial charge is 0.274 e. The SMILES string of the molecule is C=CCOc1c(C#N)cc([N+](=O)[O-])cc1OCC. The van der Waals surface area contributed by atoms with E-state index in [-0.39, 0.29) is 29.4 Å². The van der Waals surface area contributed by atoms with E-state index < -0.39 is 4.92 Å². The highest BCUT2D eigenvalue weighted by molar-refractivity contribution is 5.59. The minimum Gasteiger partial charge on any atom is -0.490 e. The van der Waals surface area contributed by atoms with Crippen LogP contribution in [0.1, 0.15) is 12.5 Å². The van der Waals surface area contributed by atoms with Gasteiger partial charge in [-0.05, 0) is 6.92 Å². The van der Waals surface area contributed by atoms with Gasteiger partial charge in [-0.15, -0.1) is 0 Å². The van der Waals surface area contributed by atoms with Gasteiger partial charge in [0.15, 0.2) is 11.5 Å². The van der Waals surface area contributed by atoms with Crippen LogP contribution in [-0.4, -0.2) is 18.1 Å². The lowest BCUT2D eigenvalue weighted by Gasteiger charge is -2.11. The molecule has 1 aromatic carbocycles. The third-order valence-electron chi connectivity index (χ3n) is 2.02. The third-order valence-corrected chi connectivity index (χ3v) is 2.02. The Hall–Kier alpha value is -2.55. The fraction of sp³-hybridized carbons (Fsp3) is 0.250. The van der Waals surface area contributed by atoms with E-state index in [1.54, 1.807) is 6.92 Å². The van der Waals surface area contributed by atoms with Crippen LogP contribution in [0, 0.1) is 21.4 Å². The first kappa shape index (κ1) is 13.5. The molecule has 0 bridgehead atoms. The molecule has 0 radical (unpaired) electrons. The molecule has 0 saturated heterocycles. The van der Waals surface area contributed by atoms with E-state index in [0.29, 0.717) is 6.61 Å². The van der Waals surface area contributed by atoms with E-state index in [4.69, 9.17) is 14.7 Å². The van der Waals surface area contributed by atoms with E-state index >= 15 is 0 Å². The van der Waals surface area contributed by atoms with Crippen LogP contribution in [0.3, 0.4) is 0 Å². The van der Waals surface area contributed by atoms with Crippen molar-refractivity contribution >= 4 is 5.69 Å². The van der Waals surface area contributed by atoms with Crippen LogP contribution in [0.25, 0.3) is 0 Å². The Kier molecular flexibility index (Phi) is 4.69. The van der Waals surface area contributed by atoms with Crippen LogP contribution in [0.2, 0.25) is 0 Å². The van der Waals surface area contributed by atoms with Crippen LogP contribution in [-0.2, 0) is 0 Å². The zero-order valence-electron chi connectivity index (χ0n) is 9.88. The highest BCUT2D eigenvalue weighted by Crippen LogP contribution is 2.35. The minimum absolute atomic E-state index is 0.0644. The van der Waals surface area contributed by atoms with Crippen molar-refractivity contribution in [2.75, 3.05) is 13.2 Å². The molecule has 6 nitrogen and oxygen atoms in total. The Labute approximate surface area is 104 Å². The monoisotopic (exact) mass is 248 g/mol. The van der Waals surface area contributed by atoms with Crippen molar-refractivity contribution in [3.05, 3.63) is 40.5 Å². The molecule has 0 N–H and O–H groups in total. The zero-order valence-corrected chi connectivity index (χ0v) is 9.88. The number of nitrogens with zero attached hydrogens (tertiary/aromatic N) is 2. The van der Waals surface area contributed by atoms with E-state index in [9.17, 15) is 10.1 Å². The fourth-order valence-electron chi connectivity index (χ4n) is 1.33. The van der Waals surface area contributed by atoms with Gasteiger partial charge in [-0.25, -0.2) is 0 Å². The molecule has 0 atom stereocenters. The Balaban J connectivity index is 3.31. The van der Waals surface area contributed by atoms with Crippen LogP contribution in [0.4, 0.5) is 5.69 Å². The summed E-state index contributed by atoms with van der Waals surface area (Å²) in [7, 11) is 0. The minimum atomic E-state index is -0.583. The van der Waals surface area contributed by atoms with Gasteiger partial charge in [-0.2, -0.15) is 5.26 Å². The van der Waals surface area contributed by atoms with E-state index in [1.165, 1.54) is 12.1 Å². The average Bonchev–Trinajstić information content (AvgIpc) is 2.36. The summed E-state index contributed by atoms with van der Waals surface area (Å²) >= 11 is 0. The third kappa shape index (κ3) is 2.98. The zero-order chi connectivity index (χ0) is 13.5. The summed E-state index contributed by atoms with van der Waals surface area (Å²) in [5.41, 5.74) is -0.143. The van der Waals surface area contributed by atoms with Crippen molar-refractivity contribution < 1.29 is 14.4 Å². The molecule has 0 heterocycles. The molecule has 0 aliphatic carbocycles. The lowest BCUT2D eigenvalue weighted by molar-refractivity contribution is -0.385.